The molecule has 0 saturated carbocycles. The zero-order valence-electron chi connectivity index (χ0n) is 22.9. The summed E-state index contributed by atoms with van der Waals surface area (Å²) >= 11 is 0. The van der Waals surface area contributed by atoms with Gasteiger partial charge in [0.15, 0.2) is 5.82 Å². The van der Waals surface area contributed by atoms with Crippen LogP contribution < -0.4 is 4.90 Å². The minimum atomic E-state index is -1.02. The van der Waals surface area contributed by atoms with Crippen LogP contribution in [0.5, 0.6) is 5.75 Å². The third kappa shape index (κ3) is 6.42. The number of carbonyl (C=O) groups is 1. The van der Waals surface area contributed by atoms with Crippen LogP contribution in [-0.2, 0) is 9.53 Å². The van der Waals surface area contributed by atoms with Gasteiger partial charge >= 0.3 is 0 Å². The summed E-state index contributed by atoms with van der Waals surface area (Å²) in [5.74, 6) is 1.33. The van der Waals surface area contributed by atoms with E-state index in [9.17, 15) is 15.0 Å². The molecule has 2 N–H and O–H groups in total. The number of aromatic hydroxyl groups is 1. The van der Waals surface area contributed by atoms with Crippen molar-refractivity contribution in [3.8, 4) is 17.1 Å². The molecule has 1 fully saturated rings. The Bertz CT molecular complexity index is 1250. The lowest BCUT2D eigenvalue weighted by Gasteiger charge is -2.43. The summed E-state index contributed by atoms with van der Waals surface area (Å²) < 4.78 is 5.98. The summed E-state index contributed by atoms with van der Waals surface area (Å²) in [5, 5.41) is 22.0. The molecule has 2 atom stereocenters. The fourth-order valence-electron chi connectivity index (χ4n) is 4.93. The highest BCUT2D eigenvalue weighted by atomic mass is 16.5. The Kier molecular flexibility index (Phi) is 9.17. The smallest absolute Gasteiger partial charge is 0.251 e. The van der Waals surface area contributed by atoms with Crippen LogP contribution in [0.2, 0.25) is 0 Å². The molecule has 0 radical (unpaired) electrons. The van der Waals surface area contributed by atoms with Crippen LogP contribution in [0.3, 0.4) is 0 Å². The fourth-order valence-corrected chi connectivity index (χ4v) is 4.93. The summed E-state index contributed by atoms with van der Waals surface area (Å²) in [5.41, 5.74) is 2.46. The number of aliphatic hydroxyl groups is 1. The first-order chi connectivity index (χ1) is 18.3. The fraction of sp³-hybridized carbons (Fsp3) is 0.500. The van der Waals surface area contributed by atoms with Gasteiger partial charge in [-0.3, -0.25) is 4.79 Å². The van der Waals surface area contributed by atoms with Crippen LogP contribution in [0.25, 0.3) is 22.3 Å². The van der Waals surface area contributed by atoms with Crippen molar-refractivity contribution in [2.75, 3.05) is 37.7 Å². The highest BCUT2D eigenvalue weighted by Crippen LogP contribution is 2.33. The Morgan fingerprint density at radius 1 is 1.16 bits per heavy atom. The number of rotatable bonds is 10. The van der Waals surface area contributed by atoms with E-state index in [1.165, 1.54) is 0 Å². The lowest BCUT2D eigenvalue weighted by molar-refractivity contribution is -0.145. The first-order valence-corrected chi connectivity index (χ1v) is 13.7. The van der Waals surface area contributed by atoms with E-state index >= 15 is 0 Å². The Morgan fingerprint density at radius 2 is 1.95 bits per heavy atom. The number of nitrogens with zero attached hydrogens (tertiary/aromatic N) is 4. The average molecular weight is 521 g/mol. The predicted octanol–water partition coefficient (Wildman–Crippen LogP) is 4.55. The molecule has 1 aromatic heterocycles. The number of fused-ring (bicyclic) bond motifs is 1. The van der Waals surface area contributed by atoms with Gasteiger partial charge in [0, 0.05) is 31.6 Å². The largest absolute Gasteiger partial charge is 0.507 e. The molecule has 3 aromatic rings. The van der Waals surface area contributed by atoms with E-state index in [0.29, 0.717) is 50.7 Å². The van der Waals surface area contributed by atoms with Gasteiger partial charge in [-0.25, -0.2) is 9.97 Å². The second kappa shape index (κ2) is 12.5. The summed E-state index contributed by atoms with van der Waals surface area (Å²) in [4.78, 5) is 26.9. The van der Waals surface area contributed by atoms with E-state index in [1.807, 2.05) is 51.1 Å². The van der Waals surface area contributed by atoms with Crippen LogP contribution in [0, 0.1) is 12.8 Å². The van der Waals surface area contributed by atoms with Crippen molar-refractivity contribution in [2.24, 2.45) is 5.92 Å². The number of amides is 1. The molecule has 0 bridgehead atoms. The van der Waals surface area contributed by atoms with Crippen LogP contribution in [0.4, 0.5) is 5.82 Å². The summed E-state index contributed by atoms with van der Waals surface area (Å²) in [6.07, 6.45) is 1.41. The molecule has 8 nitrogen and oxygen atoms in total. The summed E-state index contributed by atoms with van der Waals surface area (Å²) in [6, 6.07) is 13.0. The van der Waals surface area contributed by atoms with E-state index in [1.54, 1.807) is 17.0 Å². The second-order valence-electron chi connectivity index (χ2n) is 10.6. The first kappa shape index (κ1) is 27.8. The maximum atomic E-state index is 13.3. The van der Waals surface area contributed by atoms with Gasteiger partial charge in [0.2, 0.25) is 0 Å². The number of phenolic OH excluding ortho intramolecular Hbond substituents is 1. The van der Waals surface area contributed by atoms with Crippen LogP contribution >= 0.6 is 0 Å². The monoisotopic (exact) mass is 520 g/mol. The van der Waals surface area contributed by atoms with Gasteiger partial charge in [0.05, 0.1) is 23.7 Å². The number of ether oxygens (including phenoxy) is 1. The number of para-hydroxylation sites is 1. The minimum Gasteiger partial charge on any atom is -0.507 e. The number of hydrogen-bond donors (Lipinski definition) is 2. The van der Waals surface area contributed by atoms with E-state index in [-0.39, 0.29) is 23.6 Å². The van der Waals surface area contributed by atoms with Gasteiger partial charge in [0.25, 0.3) is 5.91 Å². The van der Waals surface area contributed by atoms with Crippen LogP contribution in [0.15, 0.2) is 42.5 Å². The number of benzene rings is 2. The molecular formula is C30H40N4O4. The number of unbranched alkanes of at least 4 members (excludes halogenated alkanes) is 1. The Hall–Kier alpha value is -3.23. The molecule has 38 heavy (non-hydrogen) atoms. The normalized spacial score (nSPS) is 16.8. The Labute approximate surface area is 225 Å². The molecule has 8 heteroatoms. The van der Waals surface area contributed by atoms with E-state index in [0.717, 1.165) is 35.1 Å². The molecule has 2 aromatic carbocycles. The molecule has 1 aliphatic heterocycles. The average Bonchev–Trinajstić information content (AvgIpc) is 2.89. The third-order valence-corrected chi connectivity index (χ3v) is 6.97. The minimum absolute atomic E-state index is 0.127. The molecule has 0 aliphatic carbocycles. The highest BCUT2D eigenvalue weighted by Gasteiger charge is 2.35. The van der Waals surface area contributed by atoms with E-state index in [4.69, 9.17) is 14.7 Å². The van der Waals surface area contributed by atoms with Crippen LogP contribution in [0.1, 0.15) is 45.6 Å². The molecular weight excluding hydrogens is 480 g/mol. The summed E-state index contributed by atoms with van der Waals surface area (Å²) in [6.45, 7) is 10.7. The first-order valence-electron chi connectivity index (χ1n) is 13.7. The number of piperazine rings is 1. The van der Waals surface area contributed by atoms with Gasteiger partial charge < -0.3 is 24.7 Å². The number of aliphatic hydroxyl groups excluding tert-OH is 1. The maximum Gasteiger partial charge on any atom is 0.251 e. The highest BCUT2D eigenvalue weighted by molar-refractivity contribution is 5.92. The van der Waals surface area contributed by atoms with Crippen molar-refractivity contribution in [3.63, 3.8) is 0 Å². The molecule has 0 spiro atoms. The zero-order valence-corrected chi connectivity index (χ0v) is 22.9. The number of phenols is 1. The van der Waals surface area contributed by atoms with Gasteiger partial charge in [-0.2, -0.15) is 0 Å². The standard InChI is InChI=1S/C30H40N4O4/c1-5-6-15-38-19-22-18-33(13-14-34(22)30(37)27(36)16-20(2)3)29-23-12-11-21(4)17-25(23)31-28(32-29)24-9-7-8-10-26(24)35/h7-12,17,20,22,27,35-36H,5-6,13-16,18-19H2,1-4H3/t22-,27-/m1/s1. The second-order valence-corrected chi connectivity index (χ2v) is 10.6. The molecule has 4 rings (SSSR count). The molecule has 1 aliphatic rings. The van der Waals surface area contributed by atoms with Crippen molar-refractivity contribution in [3.05, 3.63) is 48.0 Å². The molecule has 2 heterocycles. The van der Waals surface area contributed by atoms with Crippen LogP contribution in [-0.4, -0.2) is 76.0 Å². The van der Waals surface area contributed by atoms with Gasteiger partial charge in [0.1, 0.15) is 17.7 Å². The van der Waals surface area contributed by atoms with Gasteiger partial charge in [-0.05, 0) is 55.5 Å². The topological polar surface area (TPSA) is 99.0 Å². The Morgan fingerprint density at radius 3 is 2.68 bits per heavy atom. The van der Waals surface area contributed by atoms with Crippen molar-refractivity contribution < 1.29 is 19.7 Å². The van der Waals surface area contributed by atoms with Crippen molar-refractivity contribution in [1.29, 1.82) is 0 Å². The zero-order chi connectivity index (χ0) is 27.2. The maximum absolute atomic E-state index is 13.3. The number of aromatic nitrogens is 2. The Balaban J connectivity index is 1.68. The molecule has 1 saturated heterocycles. The quantitative estimate of drug-likeness (QED) is 0.378. The van der Waals surface area contributed by atoms with Crippen molar-refractivity contribution >= 4 is 22.6 Å². The number of aryl methyl sites for hydroxylation is 1. The summed E-state index contributed by atoms with van der Waals surface area (Å²) in [7, 11) is 0. The molecule has 0 unspecified atom stereocenters. The van der Waals surface area contributed by atoms with Gasteiger partial charge in [-0.15, -0.1) is 0 Å². The lowest BCUT2D eigenvalue weighted by Crippen LogP contribution is -2.59. The van der Waals surface area contributed by atoms with Crippen molar-refractivity contribution in [2.45, 2.75) is 59.1 Å². The van der Waals surface area contributed by atoms with Crippen molar-refractivity contribution in [1.82, 2.24) is 14.9 Å². The number of anilines is 1. The number of carbonyl (C=O) groups excluding carboxylic acids is 1. The van der Waals surface area contributed by atoms with Gasteiger partial charge in [-0.1, -0.05) is 45.4 Å². The molecule has 204 valence electrons. The lowest BCUT2D eigenvalue weighted by atomic mass is 10.0. The predicted molar refractivity (Wildman–Crippen MR) is 150 cm³/mol. The third-order valence-electron chi connectivity index (χ3n) is 6.97. The SMILES string of the molecule is CCCCOC[C@H]1CN(c2nc(-c3ccccc3O)nc3cc(C)ccc23)CCN1C(=O)[C@H](O)CC(C)C. The molecule has 1 amide bonds. The van der Waals surface area contributed by atoms with E-state index in [2.05, 4.69) is 11.8 Å². The van der Waals surface area contributed by atoms with E-state index < -0.39 is 6.10 Å². The number of hydrogen-bond acceptors (Lipinski definition) is 7.